The molecule has 0 atom stereocenters. The lowest BCUT2D eigenvalue weighted by Crippen LogP contribution is -2.46. The third-order valence-electron chi connectivity index (χ3n) is 5.48. The number of hydrogen-bond donors (Lipinski definition) is 3. The maximum absolute atomic E-state index is 13.7. The fourth-order valence-corrected chi connectivity index (χ4v) is 4.26. The lowest BCUT2D eigenvalue weighted by molar-refractivity contribution is -0.147. The number of anilines is 2. The molecule has 2 heterocycles. The minimum absolute atomic E-state index is 0.150. The summed E-state index contributed by atoms with van der Waals surface area (Å²) in [5.41, 5.74) is -1.24. The maximum atomic E-state index is 13.7. The van der Waals surface area contributed by atoms with Crippen LogP contribution < -0.4 is 15.5 Å². The molecule has 2 aromatic rings. The average Bonchev–Trinajstić information content (AvgIpc) is 3.20. The molecular formula is C21H25F3N4O3S. The third-order valence-corrected chi connectivity index (χ3v) is 6.60. The van der Waals surface area contributed by atoms with E-state index in [9.17, 15) is 27.9 Å². The number of piperidine rings is 1. The number of nitrogens with one attached hydrogen (secondary N) is 2. The molecule has 0 unspecified atom stereocenters. The van der Waals surface area contributed by atoms with E-state index in [4.69, 9.17) is 0 Å². The molecule has 174 valence electrons. The highest BCUT2D eigenvalue weighted by atomic mass is 32.1. The van der Waals surface area contributed by atoms with Gasteiger partial charge >= 0.3 is 12.0 Å². The molecule has 3 rings (SSSR count). The number of carboxylic acids is 1. The molecule has 11 heteroatoms. The van der Waals surface area contributed by atoms with Crippen LogP contribution in [0.5, 0.6) is 0 Å². The van der Waals surface area contributed by atoms with Crippen LogP contribution >= 0.6 is 11.3 Å². The minimum atomic E-state index is -1.32. The summed E-state index contributed by atoms with van der Waals surface area (Å²) in [4.78, 5) is 29.9. The van der Waals surface area contributed by atoms with E-state index in [1.54, 1.807) is 20.0 Å². The van der Waals surface area contributed by atoms with Crippen LogP contribution in [0.15, 0.2) is 18.3 Å². The Bertz CT molecular complexity index is 991. The molecule has 1 saturated heterocycles. The predicted octanol–water partition coefficient (Wildman–Crippen LogP) is 4.39. The smallest absolute Gasteiger partial charge is 0.319 e. The fraction of sp³-hybridized carbons (Fsp3) is 0.476. The molecule has 1 aromatic carbocycles. The predicted molar refractivity (Wildman–Crippen MR) is 116 cm³/mol. The van der Waals surface area contributed by atoms with E-state index >= 15 is 0 Å². The van der Waals surface area contributed by atoms with Crippen molar-refractivity contribution in [1.29, 1.82) is 0 Å². The molecule has 2 amide bonds. The number of benzene rings is 1. The summed E-state index contributed by atoms with van der Waals surface area (Å²) in [6, 6.07) is 0.152. The van der Waals surface area contributed by atoms with Crippen molar-refractivity contribution in [2.75, 3.05) is 23.3 Å². The van der Waals surface area contributed by atoms with Gasteiger partial charge in [0.1, 0.15) is 10.8 Å². The largest absolute Gasteiger partial charge is 0.481 e. The third kappa shape index (κ3) is 5.90. The Morgan fingerprint density at radius 2 is 1.84 bits per heavy atom. The number of halogens is 3. The highest BCUT2D eigenvalue weighted by molar-refractivity contribution is 7.15. The lowest BCUT2D eigenvalue weighted by Gasteiger charge is -2.32. The van der Waals surface area contributed by atoms with Gasteiger partial charge in [-0.1, -0.05) is 0 Å². The highest BCUT2D eigenvalue weighted by Crippen LogP contribution is 2.30. The van der Waals surface area contributed by atoms with Gasteiger partial charge in [0.25, 0.3) is 0 Å². The zero-order valence-corrected chi connectivity index (χ0v) is 18.6. The van der Waals surface area contributed by atoms with Crippen LogP contribution in [0, 0.1) is 22.9 Å². The van der Waals surface area contributed by atoms with Crippen LogP contribution in [0.25, 0.3) is 0 Å². The summed E-state index contributed by atoms with van der Waals surface area (Å²) in [5.74, 6) is -4.45. The second kappa shape index (κ2) is 9.76. The zero-order chi connectivity index (χ0) is 23.5. The quantitative estimate of drug-likeness (QED) is 0.522. The standard InChI is InChI=1S/C21H25F3N4O3S/c1-21(2,19(29)30)6-3-17-25-11-18(32-17)28-7-4-12(5-8-28)26-20(31)27-16-10-14(23)13(22)9-15(16)24/h9-12H,3-8H2,1-2H3,(H,29,30)(H2,26,27,31). The van der Waals surface area contributed by atoms with Crippen molar-refractivity contribution >= 4 is 34.0 Å². The Morgan fingerprint density at radius 1 is 1.19 bits per heavy atom. The molecule has 1 aromatic heterocycles. The number of carbonyl (C=O) groups excluding carboxylic acids is 1. The van der Waals surface area contributed by atoms with Gasteiger partial charge in [-0.05, 0) is 33.1 Å². The van der Waals surface area contributed by atoms with Gasteiger partial charge in [-0.2, -0.15) is 0 Å². The van der Waals surface area contributed by atoms with Gasteiger partial charge in [0.05, 0.1) is 22.3 Å². The van der Waals surface area contributed by atoms with Gasteiger partial charge in [-0.3, -0.25) is 4.79 Å². The van der Waals surface area contributed by atoms with E-state index in [2.05, 4.69) is 20.5 Å². The summed E-state index contributed by atoms with van der Waals surface area (Å²) < 4.78 is 39.9. The molecule has 3 N–H and O–H groups in total. The molecule has 0 radical (unpaired) electrons. The van der Waals surface area contributed by atoms with Crippen LogP contribution in [0.2, 0.25) is 0 Å². The number of carbonyl (C=O) groups is 2. The molecule has 7 nitrogen and oxygen atoms in total. The molecule has 1 aliphatic rings. The van der Waals surface area contributed by atoms with Crippen molar-refractivity contribution in [3.05, 3.63) is 40.8 Å². The number of nitrogens with zero attached hydrogens (tertiary/aromatic N) is 2. The number of urea groups is 1. The number of aliphatic carboxylic acids is 1. The first-order valence-corrected chi connectivity index (χ1v) is 11.0. The number of thiazole rings is 1. The molecule has 0 aliphatic carbocycles. The lowest BCUT2D eigenvalue weighted by atomic mass is 9.88. The number of hydrogen-bond acceptors (Lipinski definition) is 5. The Balaban J connectivity index is 1.47. The first kappa shape index (κ1) is 23.8. The highest BCUT2D eigenvalue weighted by Gasteiger charge is 2.27. The number of rotatable bonds is 7. The number of aryl methyl sites for hydroxylation is 1. The molecule has 0 saturated carbocycles. The Kier molecular flexibility index (Phi) is 7.27. The number of carboxylic acid groups (broad SMARTS) is 1. The first-order valence-electron chi connectivity index (χ1n) is 10.2. The van der Waals surface area contributed by atoms with Gasteiger partial charge < -0.3 is 20.6 Å². The summed E-state index contributed by atoms with van der Waals surface area (Å²) in [6.45, 7) is 4.73. The number of amides is 2. The van der Waals surface area contributed by atoms with Crippen molar-refractivity contribution in [2.24, 2.45) is 5.41 Å². The second-order valence-corrected chi connectivity index (χ2v) is 9.48. The van der Waals surface area contributed by atoms with Crippen LogP contribution in [0.3, 0.4) is 0 Å². The topological polar surface area (TPSA) is 94.6 Å². The van der Waals surface area contributed by atoms with Gasteiger partial charge in [0, 0.05) is 37.7 Å². The molecule has 1 fully saturated rings. The van der Waals surface area contributed by atoms with Crippen molar-refractivity contribution in [2.45, 2.75) is 45.6 Å². The summed E-state index contributed by atoms with van der Waals surface area (Å²) in [5, 5.41) is 16.0. The van der Waals surface area contributed by atoms with Crippen molar-refractivity contribution in [3.63, 3.8) is 0 Å². The Hall–Kier alpha value is -2.82. The van der Waals surface area contributed by atoms with Gasteiger partial charge in [0.15, 0.2) is 11.6 Å². The molecular weight excluding hydrogens is 445 g/mol. The van der Waals surface area contributed by atoms with Crippen LogP contribution in [0.1, 0.15) is 38.1 Å². The normalized spacial score (nSPS) is 15.0. The van der Waals surface area contributed by atoms with Gasteiger partial charge in [0.2, 0.25) is 0 Å². The summed E-state index contributed by atoms with van der Waals surface area (Å²) >= 11 is 1.53. The number of aromatic nitrogens is 1. The molecule has 0 bridgehead atoms. The van der Waals surface area contributed by atoms with E-state index in [1.165, 1.54) is 11.3 Å². The first-order chi connectivity index (χ1) is 15.0. The monoisotopic (exact) mass is 470 g/mol. The van der Waals surface area contributed by atoms with E-state index in [-0.39, 0.29) is 6.04 Å². The summed E-state index contributed by atoms with van der Waals surface area (Å²) in [7, 11) is 0. The van der Waals surface area contributed by atoms with E-state index in [0.29, 0.717) is 50.9 Å². The van der Waals surface area contributed by atoms with Crippen LogP contribution in [0.4, 0.5) is 28.7 Å². The Labute approximate surface area is 187 Å². The molecule has 32 heavy (non-hydrogen) atoms. The molecule has 0 spiro atoms. The maximum Gasteiger partial charge on any atom is 0.319 e. The zero-order valence-electron chi connectivity index (χ0n) is 17.8. The minimum Gasteiger partial charge on any atom is -0.481 e. The van der Waals surface area contributed by atoms with Crippen LogP contribution in [-0.2, 0) is 11.2 Å². The Morgan fingerprint density at radius 3 is 2.50 bits per heavy atom. The fourth-order valence-electron chi connectivity index (χ4n) is 3.30. The average molecular weight is 471 g/mol. The van der Waals surface area contributed by atoms with Crippen molar-refractivity contribution in [3.8, 4) is 0 Å². The second-order valence-electron chi connectivity index (χ2n) is 8.39. The SMILES string of the molecule is CC(C)(CCc1ncc(N2CCC(NC(=O)Nc3cc(F)c(F)cc3F)CC2)s1)C(=O)O. The summed E-state index contributed by atoms with van der Waals surface area (Å²) in [6.07, 6.45) is 4.15. The van der Waals surface area contributed by atoms with Gasteiger partial charge in [-0.15, -0.1) is 11.3 Å². The van der Waals surface area contributed by atoms with E-state index < -0.39 is 40.6 Å². The van der Waals surface area contributed by atoms with Crippen molar-refractivity contribution < 1.29 is 27.9 Å². The van der Waals surface area contributed by atoms with E-state index in [0.717, 1.165) is 10.0 Å². The van der Waals surface area contributed by atoms with Gasteiger partial charge in [-0.25, -0.2) is 22.9 Å². The van der Waals surface area contributed by atoms with Crippen LogP contribution in [-0.4, -0.2) is 41.2 Å². The molecule has 1 aliphatic heterocycles. The van der Waals surface area contributed by atoms with E-state index in [1.807, 2.05) is 0 Å². The van der Waals surface area contributed by atoms with Crippen molar-refractivity contribution in [1.82, 2.24) is 10.3 Å².